The Kier molecular flexibility index (Phi) is 7.08. The standard InChI is InChI=1S/C18H23ClN4OS/c1-6-23(5)11-21-15-9-13(4)16(10-14(15)19)24-17-7-8-20-18(22-17)25-12(2)3/h7-12H,6H2,1-5H3/b21-11+. The number of aromatic nitrogens is 2. The van der Waals surface area contributed by atoms with Gasteiger partial charge in [-0.05, 0) is 25.5 Å². The maximum atomic E-state index is 6.35. The zero-order valence-electron chi connectivity index (χ0n) is 15.2. The number of rotatable bonds is 7. The Bertz CT molecular complexity index is 752. The van der Waals surface area contributed by atoms with E-state index in [0.717, 1.165) is 12.1 Å². The molecule has 0 aliphatic rings. The first-order valence-corrected chi connectivity index (χ1v) is 9.37. The second kappa shape index (κ2) is 9.06. The Balaban J connectivity index is 2.21. The Morgan fingerprint density at radius 1 is 1.40 bits per heavy atom. The smallest absolute Gasteiger partial charge is 0.223 e. The van der Waals surface area contributed by atoms with Gasteiger partial charge in [0.2, 0.25) is 5.88 Å². The van der Waals surface area contributed by atoms with E-state index in [1.165, 1.54) is 0 Å². The van der Waals surface area contributed by atoms with Crippen LogP contribution in [0.4, 0.5) is 5.69 Å². The van der Waals surface area contributed by atoms with Crippen molar-refractivity contribution in [3.63, 3.8) is 0 Å². The van der Waals surface area contributed by atoms with Gasteiger partial charge < -0.3 is 9.64 Å². The van der Waals surface area contributed by atoms with Gasteiger partial charge in [0, 0.05) is 37.2 Å². The van der Waals surface area contributed by atoms with E-state index >= 15 is 0 Å². The Morgan fingerprint density at radius 3 is 2.84 bits per heavy atom. The fraction of sp³-hybridized carbons (Fsp3) is 0.389. The fourth-order valence-electron chi connectivity index (χ4n) is 1.86. The lowest BCUT2D eigenvalue weighted by Crippen LogP contribution is -2.14. The summed E-state index contributed by atoms with van der Waals surface area (Å²) in [5.41, 5.74) is 1.65. The van der Waals surface area contributed by atoms with Gasteiger partial charge >= 0.3 is 0 Å². The van der Waals surface area contributed by atoms with Crippen LogP contribution in [0.2, 0.25) is 5.02 Å². The largest absolute Gasteiger partial charge is 0.439 e. The lowest BCUT2D eigenvalue weighted by Gasteiger charge is -2.12. The Labute approximate surface area is 158 Å². The summed E-state index contributed by atoms with van der Waals surface area (Å²) in [6.07, 6.45) is 3.46. The van der Waals surface area contributed by atoms with Gasteiger partial charge in [-0.2, -0.15) is 4.98 Å². The number of thioether (sulfide) groups is 1. The molecule has 1 heterocycles. The predicted molar refractivity (Wildman–Crippen MR) is 106 cm³/mol. The summed E-state index contributed by atoms with van der Waals surface area (Å²) < 4.78 is 5.90. The number of halogens is 1. The van der Waals surface area contributed by atoms with Gasteiger partial charge in [0.05, 0.1) is 17.0 Å². The van der Waals surface area contributed by atoms with E-state index in [1.54, 1.807) is 36.4 Å². The molecule has 0 aliphatic heterocycles. The van der Waals surface area contributed by atoms with Crippen LogP contribution in [0.1, 0.15) is 26.3 Å². The van der Waals surface area contributed by atoms with Crippen molar-refractivity contribution in [3.8, 4) is 11.6 Å². The van der Waals surface area contributed by atoms with Crippen LogP contribution in [0.3, 0.4) is 0 Å². The fourth-order valence-corrected chi connectivity index (χ4v) is 2.75. The van der Waals surface area contributed by atoms with E-state index in [0.29, 0.717) is 32.7 Å². The topological polar surface area (TPSA) is 50.6 Å². The zero-order valence-corrected chi connectivity index (χ0v) is 16.7. The molecule has 134 valence electrons. The van der Waals surface area contributed by atoms with E-state index < -0.39 is 0 Å². The average Bonchev–Trinajstić information content (AvgIpc) is 2.56. The van der Waals surface area contributed by atoms with Crippen LogP contribution in [-0.2, 0) is 0 Å². The highest BCUT2D eigenvalue weighted by Crippen LogP contribution is 2.34. The zero-order chi connectivity index (χ0) is 18.4. The van der Waals surface area contributed by atoms with Crippen molar-refractivity contribution in [2.75, 3.05) is 13.6 Å². The number of ether oxygens (including phenoxy) is 1. The molecule has 0 saturated carbocycles. The normalized spacial score (nSPS) is 11.3. The van der Waals surface area contributed by atoms with Gasteiger partial charge in [-0.3, -0.25) is 0 Å². The summed E-state index contributed by atoms with van der Waals surface area (Å²) >= 11 is 7.94. The monoisotopic (exact) mass is 378 g/mol. The minimum Gasteiger partial charge on any atom is -0.439 e. The molecule has 1 aromatic heterocycles. The lowest BCUT2D eigenvalue weighted by molar-refractivity contribution is 0.452. The second-order valence-electron chi connectivity index (χ2n) is 5.83. The molecule has 7 heteroatoms. The summed E-state index contributed by atoms with van der Waals surface area (Å²) in [4.78, 5) is 15.1. The van der Waals surface area contributed by atoms with E-state index in [1.807, 2.05) is 24.9 Å². The lowest BCUT2D eigenvalue weighted by atomic mass is 10.2. The predicted octanol–water partition coefficient (Wildman–Crippen LogP) is 5.34. The van der Waals surface area contributed by atoms with Gasteiger partial charge in [-0.15, -0.1) is 0 Å². The molecular formula is C18H23ClN4OS. The number of aryl methyl sites for hydroxylation is 1. The molecule has 25 heavy (non-hydrogen) atoms. The molecule has 0 bridgehead atoms. The first-order valence-electron chi connectivity index (χ1n) is 8.11. The van der Waals surface area contributed by atoms with Gasteiger partial charge in [0.25, 0.3) is 0 Å². The molecule has 0 N–H and O–H groups in total. The first kappa shape index (κ1) is 19.5. The van der Waals surface area contributed by atoms with Crippen molar-refractivity contribution in [1.82, 2.24) is 14.9 Å². The van der Waals surface area contributed by atoms with Crippen LogP contribution in [-0.4, -0.2) is 40.0 Å². The third kappa shape index (κ3) is 5.90. The summed E-state index contributed by atoms with van der Waals surface area (Å²) in [7, 11) is 1.96. The van der Waals surface area contributed by atoms with Gasteiger partial charge in [0.15, 0.2) is 5.16 Å². The van der Waals surface area contributed by atoms with Crippen molar-refractivity contribution in [3.05, 3.63) is 35.0 Å². The molecule has 0 fully saturated rings. The minimum atomic E-state index is 0.407. The molecule has 0 saturated heterocycles. The molecule has 1 aromatic carbocycles. The number of hydrogen-bond acceptors (Lipinski definition) is 5. The van der Waals surface area contributed by atoms with Crippen LogP contribution in [0.15, 0.2) is 34.5 Å². The van der Waals surface area contributed by atoms with Crippen LogP contribution >= 0.6 is 23.4 Å². The second-order valence-corrected chi connectivity index (χ2v) is 7.78. The van der Waals surface area contributed by atoms with Crippen molar-refractivity contribution in [2.24, 2.45) is 4.99 Å². The Hall–Kier alpha value is -1.79. The quantitative estimate of drug-likeness (QED) is 0.281. The molecule has 5 nitrogen and oxygen atoms in total. The van der Waals surface area contributed by atoms with E-state index in [4.69, 9.17) is 16.3 Å². The third-order valence-corrected chi connectivity index (χ3v) is 4.48. The van der Waals surface area contributed by atoms with Crippen molar-refractivity contribution >= 4 is 35.4 Å². The van der Waals surface area contributed by atoms with Gasteiger partial charge in [-0.1, -0.05) is 37.2 Å². The average molecular weight is 379 g/mol. The van der Waals surface area contributed by atoms with Crippen molar-refractivity contribution in [2.45, 2.75) is 38.1 Å². The summed E-state index contributed by atoms with van der Waals surface area (Å²) in [6, 6.07) is 5.41. The molecule has 0 aliphatic carbocycles. The van der Waals surface area contributed by atoms with Gasteiger partial charge in [0.1, 0.15) is 5.75 Å². The van der Waals surface area contributed by atoms with E-state index in [2.05, 4.69) is 35.7 Å². The van der Waals surface area contributed by atoms with Crippen LogP contribution in [0.5, 0.6) is 11.6 Å². The summed E-state index contributed by atoms with van der Waals surface area (Å²) in [6.45, 7) is 9.09. The van der Waals surface area contributed by atoms with E-state index in [9.17, 15) is 0 Å². The minimum absolute atomic E-state index is 0.407. The molecule has 2 rings (SSSR count). The molecule has 0 atom stereocenters. The highest BCUT2D eigenvalue weighted by molar-refractivity contribution is 7.99. The van der Waals surface area contributed by atoms with Crippen LogP contribution < -0.4 is 4.74 Å². The van der Waals surface area contributed by atoms with E-state index in [-0.39, 0.29) is 0 Å². The van der Waals surface area contributed by atoms with Crippen molar-refractivity contribution in [1.29, 1.82) is 0 Å². The van der Waals surface area contributed by atoms with Crippen LogP contribution in [0.25, 0.3) is 0 Å². The van der Waals surface area contributed by atoms with Gasteiger partial charge in [-0.25, -0.2) is 9.98 Å². The molecular weight excluding hydrogens is 356 g/mol. The molecule has 0 unspecified atom stereocenters. The Morgan fingerprint density at radius 2 is 2.16 bits per heavy atom. The molecule has 0 radical (unpaired) electrons. The summed E-state index contributed by atoms with van der Waals surface area (Å²) in [5, 5.41) is 1.64. The molecule has 0 spiro atoms. The number of hydrogen-bond donors (Lipinski definition) is 0. The maximum Gasteiger partial charge on any atom is 0.223 e. The highest BCUT2D eigenvalue weighted by Gasteiger charge is 2.10. The SMILES string of the molecule is CCN(C)/C=N/c1cc(C)c(Oc2ccnc(SC(C)C)n2)cc1Cl. The number of aliphatic imine (C=N–C) groups is 1. The third-order valence-electron chi connectivity index (χ3n) is 3.30. The summed E-state index contributed by atoms with van der Waals surface area (Å²) in [5.74, 6) is 1.16. The maximum absolute atomic E-state index is 6.35. The molecule has 2 aromatic rings. The first-order chi connectivity index (χ1) is 11.9. The number of benzene rings is 1. The highest BCUT2D eigenvalue weighted by atomic mass is 35.5. The molecule has 0 amide bonds. The number of nitrogens with zero attached hydrogens (tertiary/aromatic N) is 4. The van der Waals surface area contributed by atoms with Crippen molar-refractivity contribution < 1.29 is 4.74 Å². The van der Waals surface area contributed by atoms with Crippen LogP contribution in [0, 0.1) is 6.92 Å².